The van der Waals surface area contributed by atoms with E-state index in [2.05, 4.69) is 0 Å². The second-order valence-electron chi connectivity index (χ2n) is 9.42. The summed E-state index contributed by atoms with van der Waals surface area (Å²) < 4.78 is 177. The van der Waals surface area contributed by atoms with Gasteiger partial charge < -0.3 is 0 Å². The molecule has 4 rings (SSSR count). The minimum atomic E-state index is -2.78. The van der Waals surface area contributed by atoms with E-state index in [9.17, 15) is 42.1 Å². The normalized spacial score (nSPS) is 16.3. The number of benzene rings is 3. The lowest BCUT2D eigenvalue weighted by Gasteiger charge is -2.13. The van der Waals surface area contributed by atoms with Crippen LogP contribution < -0.4 is 0 Å². The summed E-state index contributed by atoms with van der Waals surface area (Å²) in [7, 11) is 0. The molecule has 0 N–H and O–H groups in total. The predicted molar refractivity (Wildman–Crippen MR) is 130 cm³/mol. The molecule has 5 nitrogen and oxygen atoms in total. The number of allylic oxidation sites excluding steroid dienone is 4. The molecule has 3 aromatic carbocycles. The van der Waals surface area contributed by atoms with E-state index in [-0.39, 0.29) is 0 Å². The Kier molecular flexibility index (Phi) is 8.53. The summed E-state index contributed by atoms with van der Waals surface area (Å²) in [5, 5.41) is 47.2. The second-order valence-corrected chi connectivity index (χ2v) is 9.42. The minimum absolute atomic E-state index is 0.559. The average Bonchev–Trinajstić information content (AvgIpc) is 3.77. The molecule has 17 heteroatoms. The molecule has 47 heavy (non-hydrogen) atoms. The van der Waals surface area contributed by atoms with Gasteiger partial charge in [-0.2, -0.15) is 26.3 Å². The van der Waals surface area contributed by atoms with Crippen LogP contribution >= 0.6 is 0 Å². The second kappa shape index (κ2) is 11.9. The van der Waals surface area contributed by atoms with Gasteiger partial charge in [-0.3, -0.25) is 0 Å². The van der Waals surface area contributed by atoms with E-state index in [0.717, 1.165) is 30.3 Å². The van der Waals surface area contributed by atoms with Crippen LogP contribution in [-0.2, 0) is 0 Å². The number of nitriles is 5. The van der Waals surface area contributed by atoms with Crippen LogP contribution in [0.25, 0.3) is 11.1 Å². The maximum atomic E-state index is 15.1. The maximum Gasteiger partial charge on any atom is 0.180 e. The van der Waals surface area contributed by atoms with Crippen molar-refractivity contribution in [1.82, 2.24) is 0 Å². The third kappa shape index (κ3) is 4.70. The Morgan fingerprint density at radius 1 is 0.489 bits per heavy atom. The Morgan fingerprint density at radius 3 is 1.11 bits per heavy atom. The van der Waals surface area contributed by atoms with E-state index in [1.165, 1.54) is 0 Å². The first kappa shape index (κ1) is 33.6. The highest BCUT2D eigenvalue weighted by atomic mass is 19.2. The lowest BCUT2D eigenvalue weighted by Crippen LogP contribution is -2.12. The van der Waals surface area contributed by atoms with Crippen molar-refractivity contribution in [3.05, 3.63) is 114 Å². The fraction of sp³-hybridized carbons (Fsp3) is 0.100. The van der Waals surface area contributed by atoms with Gasteiger partial charge >= 0.3 is 0 Å². The molecule has 0 heterocycles. The molecule has 0 bridgehead atoms. The summed E-state index contributed by atoms with van der Waals surface area (Å²) in [6.07, 6.45) is 0. The lowest BCUT2D eigenvalue weighted by atomic mass is 9.90. The fourth-order valence-electron chi connectivity index (χ4n) is 4.89. The highest BCUT2D eigenvalue weighted by Gasteiger charge is 2.53. The van der Waals surface area contributed by atoms with Crippen LogP contribution in [0.1, 0.15) is 39.3 Å². The molecular formula is C30H5F12N5. The molecule has 0 aromatic heterocycles. The van der Waals surface area contributed by atoms with Gasteiger partial charge in [0.05, 0.1) is 34.3 Å². The van der Waals surface area contributed by atoms with Gasteiger partial charge in [-0.05, 0) is 18.1 Å². The number of halogens is 12. The van der Waals surface area contributed by atoms with Crippen molar-refractivity contribution in [2.75, 3.05) is 0 Å². The van der Waals surface area contributed by atoms with E-state index in [1.807, 2.05) is 0 Å². The molecule has 234 valence electrons. The zero-order valence-electron chi connectivity index (χ0n) is 22.4. The largest absolute Gasteiger partial charge is 0.203 e. The molecule has 1 saturated carbocycles. The van der Waals surface area contributed by atoms with Gasteiger partial charge in [-0.15, -0.1) is 0 Å². The summed E-state index contributed by atoms with van der Waals surface area (Å²) in [5.41, 5.74) is -16.5. The molecule has 0 spiro atoms. The van der Waals surface area contributed by atoms with E-state index in [0.29, 0.717) is 6.92 Å². The van der Waals surface area contributed by atoms with Gasteiger partial charge in [0.15, 0.2) is 69.8 Å². The van der Waals surface area contributed by atoms with Crippen molar-refractivity contribution in [2.45, 2.75) is 12.8 Å². The van der Waals surface area contributed by atoms with Crippen LogP contribution in [0.2, 0.25) is 0 Å². The number of hydrogen-bond donors (Lipinski definition) is 0. The number of nitrogens with zero attached hydrogens (tertiary/aromatic N) is 5. The van der Waals surface area contributed by atoms with E-state index in [1.54, 1.807) is 0 Å². The molecule has 0 amide bonds. The third-order valence-corrected chi connectivity index (χ3v) is 7.14. The van der Waals surface area contributed by atoms with Gasteiger partial charge in [0.1, 0.15) is 35.4 Å². The molecule has 0 radical (unpaired) electrons. The number of rotatable bonds is 4. The van der Waals surface area contributed by atoms with E-state index >= 15 is 26.3 Å². The number of hydrogen-bond acceptors (Lipinski definition) is 5. The molecular weight excluding hydrogens is 658 g/mol. The molecule has 2 unspecified atom stereocenters. The summed E-state index contributed by atoms with van der Waals surface area (Å²) >= 11 is 0. The van der Waals surface area contributed by atoms with E-state index < -0.39 is 137 Å². The van der Waals surface area contributed by atoms with Crippen LogP contribution in [0.4, 0.5) is 52.7 Å². The van der Waals surface area contributed by atoms with Gasteiger partial charge in [-0.1, -0.05) is 0 Å². The Morgan fingerprint density at radius 2 is 0.809 bits per heavy atom. The Balaban J connectivity index is 2.26. The van der Waals surface area contributed by atoms with Crippen LogP contribution in [0.5, 0.6) is 0 Å². The predicted octanol–water partition coefficient (Wildman–Crippen LogP) is 7.60. The summed E-state index contributed by atoms with van der Waals surface area (Å²) in [6.45, 7) is 0.559. The zero-order chi connectivity index (χ0) is 35.4. The Hall–Kier alpha value is -6.25. The summed E-state index contributed by atoms with van der Waals surface area (Å²) in [6, 6.07) is 4.78. The first-order valence-corrected chi connectivity index (χ1v) is 12.1. The molecule has 1 fully saturated rings. The average molecular weight is 663 g/mol. The molecule has 1 aliphatic carbocycles. The van der Waals surface area contributed by atoms with Crippen LogP contribution in [0.15, 0.2) is 11.1 Å². The first-order valence-electron chi connectivity index (χ1n) is 12.1. The monoisotopic (exact) mass is 663 g/mol. The van der Waals surface area contributed by atoms with Gasteiger partial charge in [0, 0.05) is 17.0 Å². The summed E-state index contributed by atoms with van der Waals surface area (Å²) in [5.74, 6) is -33.5. The molecule has 2 atom stereocenters. The lowest BCUT2D eigenvalue weighted by molar-refractivity contribution is 0.429. The van der Waals surface area contributed by atoms with Crippen molar-refractivity contribution in [3.63, 3.8) is 0 Å². The first-order chi connectivity index (χ1) is 22.1. The summed E-state index contributed by atoms with van der Waals surface area (Å²) in [4.78, 5) is 0. The van der Waals surface area contributed by atoms with Crippen molar-refractivity contribution in [3.8, 4) is 30.3 Å². The highest BCUT2D eigenvalue weighted by molar-refractivity contribution is 5.98. The standard InChI is InChI=1S/C30H5F12N5/c1-7-19(31)25(37)16(26(38)20(7)32)8(2-43)13-14(9(3-44)17-27(39)21(33)11(5-46)22(34)28(17)40)15(13)10(4-45)18-29(41)23(35)12(6-47)24(36)30(18)42/h9,14H,1H3/b13-8+,15-10+. The van der Waals surface area contributed by atoms with Gasteiger partial charge in [0.25, 0.3) is 0 Å². The van der Waals surface area contributed by atoms with Gasteiger partial charge in [-0.25, -0.2) is 52.7 Å². The quantitative estimate of drug-likeness (QED) is 0.162. The van der Waals surface area contributed by atoms with Crippen molar-refractivity contribution in [2.24, 2.45) is 5.92 Å². The third-order valence-electron chi connectivity index (χ3n) is 7.14. The minimum Gasteiger partial charge on any atom is -0.203 e. The SMILES string of the molecule is Cc1c(F)c(F)c(/C(C#N)=C2/C(=C(/C#N)c3c(F)c(F)c(C#N)c(F)c3F)C2C(C#N)c2c(F)c(F)c(C#N)c(F)c2F)c(F)c1F. The van der Waals surface area contributed by atoms with Crippen molar-refractivity contribution >= 4 is 11.1 Å². The topological polar surface area (TPSA) is 119 Å². The van der Waals surface area contributed by atoms with E-state index in [4.69, 9.17) is 10.5 Å². The Bertz CT molecular complexity index is 2170. The fourth-order valence-corrected chi connectivity index (χ4v) is 4.89. The molecule has 0 aliphatic heterocycles. The zero-order valence-corrected chi connectivity index (χ0v) is 22.4. The maximum absolute atomic E-state index is 15.1. The van der Waals surface area contributed by atoms with Crippen LogP contribution in [0.3, 0.4) is 0 Å². The molecule has 1 aliphatic rings. The Labute approximate surface area is 253 Å². The van der Waals surface area contributed by atoms with Crippen LogP contribution in [0, 0.1) is 139 Å². The smallest absolute Gasteiger partial charge is 0.180 e. The molecule has 3 aromatic rings. The molecule has 0 saturated heterocycles. The van der Waals surface area contributed by atoms with Gasteiger partial charge in [0.2, 0.25) is 0 Å². The highest BCUT2D eigenvalue weighted by Crippen LogP contribution is 2.60. The van der Waals surface area contributed by atoms with Crippen molar-refractivity contribution < 1.29 is 52.7 Å². The van der Waals surface area contributed by atoms with Crippen molar-refractivity contribution in [1.29, 1.82) is 26.3 Å². The van der Waals surface area contributed by atoms with Crippen LogP contribution in [-0.4, -0.2) is 0 Å².